The van der Waals surface area contributed by atoms with E-state index in [2.05, 4.69) is 0 Å². The van der Waals surface area contributed by atoms with E-state index >= 15 is 0 Å². The molecule has 0 spiro atoms. The van der Waals surface area contributed by atoms with Crippen LogP contribution < -0.4 is 10.5 Å². The highest BCUT2D eigenvalue weighted by atomic mass is 16.6. The minimum absolute atomic E-state index is 0.157. The van der Waals surface area contributed by atoms with Crippen molar-refractivity contribution in [2.75, 3.05) is 0 Å². The van der Waals surface area contributed by atoms with Gasteiger partial charge in [0.1, 0.15) is 5.75 Å². The maximum absolute atomic E-state index is 11.1. The molecule has 1 rings (SSSR count). The first kappa shape index (κ1) is 14.9. The largest absolute Gasteiger partial charge is 0.480 e. The summed E-state index contributed by atoms with van der Waals surface area (Å²) in [6, 6.07) is 3.81. The van der Waals surface area contributed by atoms with Gasteiger partial charge in [-0.15, -0.1) is 0 Å². The maximum Gasteiger partial charge on any atom is 0.270 e. The molecule has 19 heavy (non-hydrogen) atoms. The highest BCUT2D eigenvalue weighted by Crippen LogP contribution is 2.30. The number of rotatable bonds is 6. The Morgan fingerprint density at radius 2 is 2.21 bits per heavy atom. The van der Waals surface area contributed by atoms with E-state index in [4.69, 9.17) is 10.5 Å². The number of hydrogen-bond donors (Lipinski definition) is 2. The molecule has 0 aromatic heterocycles. The van der Waals surface area contributed by atoms with Gasteiger partial charge >= 0.3 is 0 Å². The third-order valence-electron chi connectivity index (χ3n) is 2.61. The Hall–Kier alpha value is -2.15. The number of amides is 1. The molecule has 1 amide bonds. The number of aliphatic hydroxyl groups is 1. The normalized spacial score (nSPS) is 13.6. The lowest BCUT2D eigenvalue weighted by Crippen LogP contribution is -2.33. The average Bonchev–Trinajstić information content (AvgIpc) is 2.35. The molecule has 7 nitrogen and oxygen atoms in total. The number of hydrogen-bond acceptors (Lipinski definition) is 5. The zero-order valence-corrected chi connectivity index (χ0v) is 10.7. The number of benzene rings is 1. The molecule has 0 aliphatic heterocycles. The average molecular weight is 268 g/mol. The van der Waals surface area contributed by atoms with Gasteiger partial charge < -0.3 is 15.6 Å². The van der Waals surface area contributed by atoms with Gasteiger partial charge in [-0.05, 0) is 19.4 Å². The molecule has 1 aromatic rings. The SMILES string of the molecule is CCC(Oc1ccc([N+](=O)[O-])cc1C(C)O)C(N)=O. The van der Waals surface area contributed by atoms with Crippen molar-refractivity contribution in [3.63, 3.8) is 0 Å². The predicted molar refractivity (Wildman–Crippen MR) is 67.6 cm³/mol. The van der Waals surface area contributed by atoms with Gasteiger partial charge in [-0.1, -0.05) is 6.92 Å². The van der Waals surface area contributed by atoms with Crippen LogP contribution in [0.15, 0.2) is 18.2 Å². The molecule has 0 aliphatic rings. The van der Waals surface area contributed by atoms with Crippen LogP contribution in [-0.4, -0.2) is 22.0 Å². The van der Waals surface area contributed by atoms with Crippen LogP contribution >= 0.6 is 0 Å². The molecule has 2 unspecified atom stereocenters. The van der Waals surface area contributed by atoms with E-state index in [1.165, 1.54) is 25.1 Å². The molecule has 7 heteroatoms. The molecular formula is C12H16N2O5. The lowest BCUT2D eigenvalue weighted by atomic mass is 10.1. The van der Waals surface area contributed by atoms with E-state index in [0.717, 1.165) is 0 Å². The molecule has 0 saturated heterocycles. The Morgan fingerprint density at radius 1 is 1.58 bits per heavy atom. The van der Waals surface area contributed by atoms with E-state index in [1.54, 1.807) is 6.92 Å². The molecule has 3 N–H and O–H groups in total. The number of primary amides is 1. The van der Waals surface area contributed by atoms with Crippen molar-refractivity contribution in [2.24, 2.45) is 5.73 Å². The predicted octanol–water partition coefficient (Wildman–Crippen LogP) is 1.29. The quantitative estimate of drug-likeness (QED) is 0.595. The molecule has 0 heterocycles. The van der Waals surface area contributed by atoms with Gasteiger partial charge in [0.25, 0.3) is 11.6 Å². The van der Waals surface area contributed by atoms with Gasteiger partial charge in [0.2, 0.25) is 0 Å². The Bertz CT molecular complexity index is 487. The Kier molecular flexibility index (Phi) is 4.82. The number of carbonyl (C=O) groups excluding carboxylic acids is 1. The molecule has 0 fully saturated rings. The van der Waals surface area contributed by atoms with Crippen LogP contribution in [0.4, 0.5) is 5.69 Å². The van der Waals surface area contributed by atoms with E-state index in [-0.39, 0.29) is 17.0 Å². The van der Waals surface area contributed by atoms with E-state index in [9.17, 15) is 20.0 Å². The lowest BCUT2D eigenvalue weighted by molar-refractivity contribution is -0.385. The third-order valence-corrected chi connectivity index (χ3v) is 2.61. The second kappa shape index (κ2) is 6.14. The fourth-order valence-electron chi connectivity index (χ4n) is 1.58. The van der Waals surface area contributed by atoms with Gasteiger partial charge in [-0.3, -0.25) is 14.9 Å². The summed E-state index contributed by atoms with van der Waals surface area (Å²) in [6.45, 7) is 3.18. The molecule has 0 radical (unpaired) electrons. The van der Waals surface area contributed by atoms with Crippen LogP contribution in [-0.2, 0) is 4.79 Å². The minimum atomic E-state index is -0.958. The van der Waals surface area contributed by atoms with Gasteiger partial charge in [0.15, 0.2) is 6.10 Å². The van der Waals surface area contributed by atoms with Gasteiger partial charge in [0.05, 0.1) is 11.0 Å². The van der Waals surface area contributed by atoms with Crippen LogP contribution in [0, 0.1) is 10.1 Å². The smallest absolute Gasteiger partial charge is 0.270 e. The summed E-state index contributed by atoms with van der Waals surface area (Å²) < 4.78 is 5.40. The van der Waals surface area contributed by atoms with Crippen LogP contribution in [0.25, 0.3) is 0 Å². The maximum atomic E-state index is 11.1. The summed E-state index contributed by atoms with van der Waals surface area (Å²) in [6.07, 6.45) is -1.43. The second-order valence-electron chi connectivity index (χ2n) is 4.07. The van der Waals surface area contributed by atoms with E-state index in [0.29, 0.717) is 6.42 Å². The first-order valence-corrected chi connectivity index (χ1v) is 5.79. The van der Waals surface area contributed by atoms with Crippen molar-refractivity contribution in [3.05, 3.63) is 33.9 Å². The van der Waals surface area contributed by atoms with E-state index in [1.807, 2.05) is 0 Å². The fraction of sp³-hybridized carbons (Fsp3) is 0.417. The fourth-order valence-corrected chi connectivity index (χ4v) is 1.58. The number of aliphatic hydroxyl groups excluding tert-OH is 1. The molecule has 2 atom stereocenters. The number of nitro benzene ring substituents is 1. The molecule has 0 bridgehead atoms. The summed E-state index contributed by atoms with van der Waals surface area (Å²) in [4.78, 5) is 21.2. The third kappa shape index (κ3) is 3.65. The van der Waals surface area contributed by atoms with Crippen molar-refractivity contribution in [3.8, 4) is 5.75 Å². The number of nitro groups is 1. The van der Waals surface area contributed by atoms with Gasteiger partial charge in [0, 0.05) is 17.7 Å². The summed E-state index contributed by atoms with van der Waals surface area (Å²) in [5.41, 5.74) is 5.25. The molecular weight excluding hydrogens is 252 g/mol. The summed E-state index contributed by atoms with van der Waals surface area (Å²) in [5.74, 6) is -0.413. The Balaban J connectivity index is 3.13. The van der Waals surface area contributed by atoms with E-state index < -0.39 is 23.0 Å². The zero-order chi connectivity index (χ0) is 14.6. The van der Waals surface area contributed by atoms with Crippen molar-refractivity contribution < 1.29 is 19.6 Å². The Labute approximate surface area is 110 Å². The number of ether oxygens (including phenoxy) is 1. The summed E-state index contributed by atoms with van der Waals surface area (Å²) in [5, 5.41) is 20.3. The van der Waals surface area contributed by atoms with Crippen molar-refractivity contribution in [2.45, 2.75) is 32.5 Å². The first-order valence-electron chi connectivity index (χ1n) is 5.79. The number of carbonyl (C=O) groups is 1. The van der Waals surface area contributed by atoms with Gasteiger partial charge in [-0.2, -0.15) is 0 Å². The summed E-state index contributed by atoms with van der Waals surface area (Å²) >= 11 is 0. The molecule has 1 aromatic carbocycles. The zero-order valence-electron chi connectivity index (χ0n) is 10.7. The summed E-state index contributed by atoms with van der Waals surface area (Å²) in [7, 11) is 0. The van der Waals surface area contributed by atoms with Crippen molar-refractivity contribution in [1.29, 1.82) is 0 Å². The molecule has 0 aliphatic carbocycles. The highest BCUT2D eigenvalue weighted by Gasteiger charge is 2.20. The highest BCUT2D eigenvalue weighted by molar-refractivity contribution is 5.79. The lowest BCUT2D eigenvalue weighted by Gasteiger charge is -2.18. The number of nitrogens with two attached hydrogens (primary N) is 1. The number of non-ortho nitro benzene ring substituents is 1. The van der Waals surface area contributed by atoms with Crippen LogP contribution in [0.2, 0.25) is 0 Å². The van der Waals surface area contributed by atoms with Crippen molar-refractivity contribution in [1.82, 2.24) is 0 Å². The molecule has 104 valence electrons. The van der Waals surface area contributed by atoms with Gasteiger partial charge in [-0.25, -0.2) is 0 Å². The van der Waals surface area contributed by atoms with Crippen LogP contribution in [0.5, 0.6) is 5.75 Å². The standard InChI is InChI=1S/C12H16N2O5/c1-3-10(12(13)16)19-11-5-4-8(14(17)18)6-9(11)7(2)15/h4-7,10,15H,3H2,1-2H3,(H2,13,16). The van der Waals surface area contributed by atoms with Crippen LogP contribution in [0.1, 0.15) is 31.9 Å². The first-order chi connectivity index (χ1) is 8.86. The topological polar surface area (TPSA) is 116 Å². The molecule has 0 saturated carbocycles. The van der Waals surface area contributed by atoms with Crippen LogP contribution in [0.3, 0.4) is 0 Å². The Morgan fingerprint density at radius 3 is 2.63 bits per heavy atom. The van der Waals surface area contributed by atoms with Crippen molar-refractivity contribution >= 4 is 11.6 Å². The number of nitrogens with zero attached hydrogens (tertiary/aromatic N) is 1. The monoisotopic (exact) mass is 268 g/mol. The minimum Gasteiger partial charge on any atom is -0.480 e. The second-order valence-corrected chi connectivity index (χ2v) is 4.07.